The summed E-state index contributed by atoms with van der Waals surface area (Å²) in [5.41, 5.74) is 0.323. The molecule has 6 nitrogen and oxygen atoms in total. The van der Waals surface area contributed by atoms with E-state index in [0.29, 0.717) is 5.69 Å². The van der Waals surface area contributed by atoms with E-state index in [4.69, 9.17) is 0 Å². The highest BCUT2D eigenvalue weighted by Gasteiger charge is 2.37. The quantitative estimate of drug-likeness (QED) is 0.714. The van der Waals surface area contributed by atoms with Crippen LogP contribution in [0.15, 0.2) is 77.3 Å². The molecule has 3 aromatic carbocycles. The molecule has 0 radical (unpaired) electrons. The molecule has 0 saturated carbocycles. The number of carbonyl (C=O) groups is 1. The van der Waals surface area contributed by atoms with Gasteiger partial charge in [0.1, 0.15) is 0 Å². The molecule has 0 bridgehead atoms. The van der Waals surface area contributed by atoms with Crippen LogP contribution >= 0.6 is 0 Å². The van der Waals surface area contributed by atoms with E-state index < -0.39 is 15.9 Å². The van der Waals surface area contributed by atoms with Crippen molar-refractivity contribution in [1.82, 2.24) is 4.31 Å². The van der Waals surface area contributed by atoms with Crippen LogP contribution in [0.3, 0.4) is 0 Å². The van der Waals surface area contributed by atoms with Crippen molar-refractivity contribution in [2.45, 2.75) is 4.90 Å². The molecule has 0 spiro atoms. The minimum absolute atomic E-state index is 0.0355. The zero-order chi connectivity index (χ0) is 19.2. The van der Waals surface area contributed by atoms with Gasteiger partial charge in [-0.15, -0.1) is 0 Å². The van der Waals surface area contributed by atoms with Crippen molar-refractivity contribution in [1.29, 1.82) is 0 Å². The van der Waals surface area contributed by atoms with Crippen LogP contribution in [0, 0.1) is 0 Å². The largest absolute Gasteiger partial charge is 0.505 e. The number of hydrogen-bond donors (Lipinski definition) is 2. The second kappa shape index (κ2) is 6.14. The number of sulfonamides is 1. The van der Waals surface area contributed by atoms with Crippen LogP contribution in [0.25, 0.3) is 16.5 Å². The Morgan fingerprint density at radius 1 is 0.963 bits per heavy atom. The third-order valence-electron chi connectivity index (χ3n) is 4.57. The van der Waals surface area contributed by atoms with Crippen molar-refractivity contribution in [2.75, 3.05) is 12.4 Å². The number of nitrogens with zero attached hydrogens (tertiary/aromatic N) is 1. The Labute approximate surface area is 156 Å². The minimum atomic E-state index is -3.93. The molecule has 27 heavy (non-hydrogen) atoms. The highest BCUT2D eigenvalue weighted by atomic mass is 32.2. The Morgan fingerprint density at radius 3 is 2.44 bits per heavy atom. The summed E-state index contributed by atoms with van der Waals surface area (Å²) >= 11 is 0. The third-order valence-corrected chi connectivity index (χ3v) is 6.39. The van der Waals surface area contributed by atoms with Gasteiger partial charge in [-0.25, -0.2) is 8.42 Å². The number of likely N-dealkylation sites (N-methyl/N-ethyl adjacent to an activating group) is 1. The van der Waals surface area contributed by atoms with Gasteiger partial charge in [0.25, 0.3) is 15.9 Å². The molecular formula is C20H16N2O4S. The molecule has 0 atom stereocenters. The molecule has 1 heterocycles. The van der Waals surface area contributed by atoms with Crippen molar-refractivity contribution >= 4 is 38.1 Å². The fourth-order valence-electron chi connectivity index (χ4n) is 3.20. The first-order chi connectivity index (χ1) is 12.9. The highest BCUT2D eigenvalue weighted by Crippen LogP contribution is 2.35. The number of benzene rings is 3. The van der Waals surface area contributed by atoms with Crippen LogP contribution in [0.2, 0.25) is 0 Å². The summed E-state index contributed by atoms with van der Waals surface area (Å²) in [6.45, 7) is 0. The summed E-state index contributed by atoms with van der Waals surface area (Å²) in [4.78, 5) is 12.9. The van der Waals surface area contributed by atoms with Crippen LogP contribution < -0.4 is 5.32 Å². The number of fused-ring (bicyclic) bond motifs is 2. The molecule has 0 fully saturated rings. The number of amides is 1. The normalized spacial score (nSPS) is 15.5. The second-order valence-corrected chi connectivity index (χ2v) is 8.08. The SMILES string of the molecule is CN1C(C(=O)Nc2cccc3ccccc23)=C(O)c2ccccc2S1(=O)=O. The van der Waals surface area contributed by atoms with E-state index in [1.165, 1.54) is 19.2 Å². The predicted octanol–water partition coefficient (Wildman–Crippen LogP) is 3.34. The smallest absolute Gasteiger partial charge is 0.276 e. The van der Waals surface area contributed by atoms with Gasteiger partial charge in [-0.2, -0.15) is 0 Å². The molecule has 1 aliphatic rings. The lowest BCUT2D eigenvalue weighted by atomic mass is 10.1. The molecule has 2 N–H and O–H groups in total. The van der Waals surface area contributed by atoms with E-state index in [0.717, 1.165) is 15.1 Å². The summed E-state index contributed by atoms with van der Waals surface area (Å²) < 4.78 is 26.3. The molecule has 0 aliphatic carbocycles. The standard InChI is InChI=1S/C20H16N2O4S/c1-22-18(19(23)15-10-4-5-12-17(15)27(22,25)26)20(24)21-16-11-6-8-13-7-2-3-9-14(13)16/h2-12,23H,1H3,(H,21,24). The maximum Gasteiger partial charge on any atom is 0.276 e. The number of aliphatic hydroxyl groups is 1. The van der Waals surface area contributed by atoms with E-state index in [1.807, 2.05) is 30.3 Å². The van der Waals surface area contributed by atoms with E-state index in [9.17, 15) is 18.3 Å². The second-order valence-electron chi connectivity index (χ2n) is 6.15. The van der Waals surface area contributed by atoms with E-state index >= 15 is 0 Å². The lowest BCUT2D eigenvalue weighted by Crippen LogP contribution is -2.37. The van der Waals surface area contributed by atoms with Crippen LogP contribution in [-0.2, 0) is 14.8 Å². The lowest BCUT2D eigenvalue weighted by molar-refractivity contribution is -0.113. The fourth-order valence-corrected chi connectivity index (χ4v) is 4.60. The zero-order valence-electron chi connectivity index (χ0n) is 14.4. The average Bonchev–Trinajstić information content (AvgIpc) is 2.67. The highest BCUT2D eigenvalue weighted by molar-refractivity contribution is 7.89. The van der Waals surface area contributed by atoms with Crippen LogP contribution in [0.5, 0.6) is 0 Å². The Kier molecular flexibility index (Phi) is 3.89. The van der Waals surface area contributed by atoms with Gasteiger partial charge >= 0.3 is 0 Å². The van der Waals surface area contributed by atoms with Crippen molar-refractivity contribution in [3.8, 4) is 0 Å². The zero-order valence-corrected chi connectivity index (χ0v) is 15.2. The average molecular weight is 380 g/mol. The molecule has 7 heteroatoms. The number of nitrogens with one attached hydrogen (secondary N) is 1. The monoisotopic (exact) mass is 380 g/mol. The summed E-state index contributed by atoms with van der Waals surface area (Å²) in [5, 5.41) is 15.1. The van der Waals surface area contributed by atoms with Crippen LogP contribution in [-0.4, -0.2) is 30.8 Å². The fraction of sp³-hybridized carbons (Fsp3) is 0.0500. The van der Waals surface area contributed by atoms with Gasteiger partial charge in [-0.1, -0.05) is 48.5 Å². The topological polar surface area (TPSA) is 86.7 Å². The number of carbonyl (C=O) groups excluding carboxylic acids is 1. The van der Waals surface area contributed by atoms with Crippen LogP contribution in [0.4, 0.5) is 5.69 Å². The predicted molar refractivity (Wildman–Crippen MR) is 104 cm³/mol. The van der Waals surface area contributed by atoms with Crippen molar-refractivity contribution in [2.24, 2.45) is 0 Å². The van der Waals surface area contributed by atoms with Gasteiger partial charge in [-0.05, 0) is 23.6 Å². The molecule has 4 rings (SSSR count). The minimum Gasteiger partial charge on any atom is -0.505 e. The molecule has 3 aromatic rings. The van der Waals surface area contributed by atoms with Gasteiger partial charge in [-0.3, -0.25) is 9.10 Å². The molecule has 1 amide bonds. The molecule has 136 valence electrons. The van der Waals surface area contributed by atoms with Crippen molar-refractivity contribution in [3.63, 3.8) is 0 Å². The number of anilines is 1. The Bertz CT molecular complexity index is 1210. The third kappa shape index (κ3) is 2.63. The van der Waals surface area contributed by atoms with Gasteiger partial charge in [0, 0.05) is 23.7 Å². The maximum absolute atomic E-state index is 12.9. The molecular weight excluding hydrogens is 364 g/mol. The van der Waals surface area contributed by atoms with Crippen LogP contribution in [0.1, 0.15) is 5.56 Å². The first kappa shape index (κ1) is 17.1. The molecule has 0 unspecified atom stereocenters. The summed E-state index contributed by atoms with van der Waals surface area (Å²) in [5.74, 6) is -1.08. The first-order valence-electron chi connectivity index (χ1n) is 8.22. The first-order valence-corrected chi connectivity index (χ1v) is 9.66. The van der Waals surface area contributed by atoms with Gasteiger partial charge in [0.15, 0.2) is 11.5 Å². The number of aliphatic hydroxyl groups excluding tert-OH is 1. The maximum atomic E-state index is 12.9. The van der Waals surface area contributed by atoms with Crippen molar-refractivity contribution in [3.05, 3.63) is 78.0 Å². The molecule has 1 aliphatic heterocycles. The number of hydrogen-bond acceptors (Lipinski definition) is 4. The Morgan fingerprint density at radius 2 is 1.63 bits per heavy atom. The number of rotatable bonds is 2. The van der Waals surface area contributed by atoms with Gasteiger partial charge in [0.2, 0.25) is 0 Å². The lowest BCUT2D eigenvalue weighted by Gasteiger charge is -2.28. The van der Waals surface area contributed by atoms with E-state index in [2.05, 4.69) is 5.32 Å². The Hall–Kier alpha value is -3.32. The summed E-state index contributed by atoms with van der Waals surface area (Å²) in [6.07, 6.45) is 0. The molecule has 0 saturated heterocycles. The van der Waals surface area contributed by atoms with Crippen molar-refractivity contribution < 1.29 is 18.3 Å². The Balaban J connectivity index is 1.82. The van der Waals surface area contributed by atoms with Gasteiger partial charge < -0.3 is 10.4 Å². The summed E-state index contributed by atoms with van der Waals surface area (Å²) in [6, 6.07) is 19.0. The summed E-state index contributed by atoms with van der Waals surface area (Å²) in [7, 11) is -2.68. The van der Waals surface area contributed by atoms with E-state index in [1.54, 1.807) is 24.3 Å². The van der Waals surface area contributed by atoms with Gasteiger partial charge in [0.05, 0.1) is 4.90 Å². The van der Waals surface area contributed by atoms with E-state index in [-0.39, 0.29) is 21.9 Å². The molecule has 0 aromatic heterocycles.